The van der Waals surface area contributed by atoms with Gasteiger partial charge in [0.2, 0.25) is 0 Å². The van der Waals surface area contributed by atoms with E-state index in [0.29, 0.717) is 16.7 Å². The fourth-order valence-electron chi connectivity index (χ4n) is 1.81. The lowest BCUT2D eigenvalue weighted by molar-refractivity contribution is 0.880. The minimum Gasteiger partial charge on any atom is -0.251 e. The van der Waals surface area contributed by atoms with Crippen molar-refractivity contribution in [2.75, 3.05) is 0 Å². The largest absolute Gasteiger partial charge is 0.251 e. The highest BCUT2D eigenvalue weighted by Gasteiger charge is 2.12. The van der Waals surface area contributed by atoms with Gasteiger partial charge in [-0.25, -0.2) is 4.68 Å². The number of pyridine rings is 1. The number of hydrogen-bond donors (Lipinski definition) is 0. The van der Waals surface area contributed by atoms with Gasteiger partial charge in [-0.15, -0.1) is 0 Å². The van der Waals surface area contributed by atoms with Crippen molar-refractivity contribution < 1.29 is 0 Å². The summed E-state index contributed by atoms with van der Waals surface area (Å²) in [6.45, 7) is 0. The fourth-order valence-corrected chi connectivity index (χ4v) is 2.20. The third kappa shape index (κ3) is 1.67. The first-order valence-corrected chi connectivity index (χ1v) is 6.08. The van der Waals surface area contributed by atoms with Crippen molar-refractivity contribution in [2.45, 2.75) is 0 Å². The van der Waals surface area contributed by atoms with E-state index in [1.165, 1.54) is 0 Å². The van der Waals surface area contributed by atoms with Crippen LogP contribution in [0.1, 0.15) is 5.69 Å². The molecular weight excluding hydrogens is 292 g/mol. The number of aromatic nitrogens is 3. The molecule has 0 saturated heterocycles. The molecule has 0 N–H and O–H groups in total. The first kappa shape index (κ1) is 10.9. The number of fused-ring (bicyclic) bond motifs is 1. The summed E-state index contributed by atoms with van der Waals surface area (Å²) in [7, 11) is 0. The molecule has 86 valence electrons. The second-order valence-electron chi connectivity index (χ2n) is 3.72. The molecule has 18 heavy (non-hydrogen) atoms. The Hall–Kier alpha value is -2.19. The van der Waals surface area contributed by atoms with Crippen LogP contribution in [0.15, 0.2) is 47.1 Å². The fraction of sp³-hybridized carbons (Fsp3) is 0. The van der Waals surface area contributed by atoms with Crippen LogP contribution in [-0.2, 0) is 0 Å². The molecule has 0 aliphatic rings. The van der Waals surface area contributed by atoms with Gasteiger partial charge in [0.05, 0.1) is 5.69 Å². The molecular formula is C13H7BrN4. The quantitative estimate of drug-likeness (QED) is 0.694. The number of nitrogens with zero attached hydrogens (tertiary/aromatic N) is 4. The normalized spacial score (nSPS) is 10.4. The van der Waals surface area contributed by atoms with Gasteiger partial charge in [0, 0.05) is 10.7 Å². The van der Waals surface area contributed by atoms with Gasteiger partial charge in [0.1, 0.15) is 17.1 Å². The molecule has 0 fully saturated rings. The van der Waals surface area contributed by atoms with Crippen molar-refractivity contribution in [3.63, 3.8) is 0 Å². The Labute approximate surface area is 112 Å². The smallest absolute Gasteiger partial charge is 0.170 e. The molecule has 5 heteroatoms. The number of halogens is 1. The van der Waals surface area contributed by atoms with Crippen molar-refractivity contribution in [3.8, 4) is 11.8 Å². The van der Waals surface area contributed by atoms with Gasteiger partial charge in [-0.1, -0.05) is 22.0 Å². The molecule has 0 spiro atoms. The monoisotopic (exact) mass is 298 g/mol. The maximum atomic E-state index is 9.27. The van der Waals surface area contributed by atoms with Crippen molar-refractivity contribution in [1.82, 2.24) is 14.8 Å². The molecule has 2 heterocycles. The van der Waals surface area contributed by atoms with E-state index in [2.05, 4.69) is 32.1 Å². The molecule has 3 rings (SSSR count). The molecule has 0 atom stereocenters. The van der Waals surface area contributed by atoms with Gasteiger partial charge in [0.15, 0.2) is 5.69 Å². The molecule has 0 unspecified atom stereocenters. The lowest BCUT2D eigenvalue weighted by atomic mass is 10.3. The van der Waals surface area contributed by atoms with Crippen LogP contribution in [0.2, 0.25) is 0 Å². The van der Waals surface area contributed by atoms with E-state index in [-0.39, 0.29) is 0 Å². The summed E-state index contributed by atoms with van der Waals surface area (Å²) in [5.41, 5.74) is 2.62. The van der Waals surface area contributed by atoms with Gasteiger partial charge in [-0.3, -0.25) is 4.98 Å². The summed E-state index contributed by atoms with van der Waals surface area (Å²) >= 11 is 3.41. The number of benzene rings is 1. The zero-order valence-corrected chi connectivity index (χ0v) is 10.8. The topological polar surface area (TPSA) is 54.5 Å². The highest BCUT2D eigenvalue weighted by molar-refractivity contribution is 9.10. The zero-order chi connectivity index (χ0) is 12.5. The Morgan fingerprint density at radius 1 is 1.22 bits per heavy atom. The van der Waals surface area contributed by atoms with Crippen LogP contribution in [-0.4, -0.2) is 14.8 Å². The summed E-state index contributed by atoms with van der Waals surface area (Å²) in [6.07, 6.45) is 1.66. The summed E-state index contributed by atoms with van der Waals surface area (Å²) < 4.78 is 2.55. The van der Waals surface area contributed by atoms with Gasteiger partial charge >= 0.3 is 0 Å². The van der Waals surface area contributed by atoms with E-state index in [9.17, 15) is 5.26 Å². The Morgan fingerprint density at radius 2 is 2.11 bits per heavy atom. The number of hydrogen-bond acceptors (Lipinski definition) is 3. The van der Waals surface area contributed by atoms with Crippen LogP contribution in [0.25, 0.3) is 16.7 Å². The van der Waals surface area contributed by atoms with Crippen molar-refractivity contribution >= 4 is 27.0 Å². The highest BCUT2D eigenvalue weighted by atomic mass is 79.9. The van der Waals surface area contributed by atoms with Crippen LogP contribution in [0.4, 0.5) is 0 Å². The minimum atomic E-state index is 0.448. The summed E-state index contributed by atoms with van der Waals surface area (Å²) in [5.74, 6) is 0. The van der Waals surface area contributed by atoms with Crippen LogP contribution in [0.3, 0.4) is 0 Å². The van der Waals surface area contributed by atoms with Crippen LogP contribution in [0.5, 0.6) is 0 Å². The summed E-state index contributed by atoms with van der Waals surface area (Å²) in [6, 6.07) is 13.5. The molecule has 0 amide bonds. The predicted octanol–water partition coefficient (Wildman–Crippen LogP) is 3.05. The molecule has 0 aliphatic carbocycles. The summed E-state index contributed by atoms with van der Waals surface area (Å²) in [4.78, 5) is 4.20. The van der Waals surface area contributed by atoms with Crippen molar-refractivity contribution in [2.24, 2.45) is 0 Å². The Bertz CT molecular complexity index is 770. The van der Waals surface area contributed by atoms with E-state index in [1.54, 1.807) is 10.9 Å². The van der Waals surface area contributed by atoms with Gasteiger partial charge in [0.25, 0.3) is 0 Å². The highest BCUT2D eigenvalue weighted by Crippen LogP contribution is 2.21. The molecule has 0 aliphatic heterocycles. The number of rotatable bonds is 1. The molecule has 4 nitrogen and oxygen atoms in total. The van der Waals surface area contributed by atoms with Gasteiger partial charge in [-0.05, 0) is 30.3 Å². The van der Waals surface area contributed by atoms with E-state index >= 15 is 0 Å². The van der Waals surface area contributed by atoms with Crippen LogP contribution < -0.4 is 0 Å². The second kappa shape index (κ2) is 4.24. The molecule has 1 aromatic carbocycles. The van der Waals surface area contributed by atoms with E-state index < -0.39 is 0 Å². The molecule has 0 radical (unpaired) electrons. The molecule has 0 bridgehead atoms. The van der Waals surface area contributed by atoms with Gasteiger partial charge < -0.3 is 0 Å². The average Bonchev–Trinajstić information content (AvgIpc) is 2.77. The Morgan fingerprint density at radius 3 is 2.89 bits per heavy atom. The summed E-state index contributed by atoms with van der Waals surface area (Å²) in [5, 5.41) is 13.7. The first-order chi connectivity index (χ1) is 8.79. The van der Waals surface area contributed by atoms with Gasteiger partial charge in [-0.2, -0.15) is 10.4 Å². The lowest BCUT2D eigenvalue weighted by Crippen LogP contribution is -1.99. The maximum Gasteiger partial charge on any atom is 0.170 e. The average molecular weight is 299 g/mol. The van der Waals surface area contributed by atoms with Crippen molar-refractivity contribution in [1.29, 1.82) is 5.26 Å². The van der Waals surface area contributed by atoms with Crippen LogP contribution >= 0.6 is 15.9 Å². The van der Waals surface area contributed by atoms with Crippen molar-refractivity contribution in [3.05, 3.63) is 52.8 Å². The predicted molar refractivity (Wildman–Crippen MR) is 71.3 cm³/mol. The Balaban J connectivity index is 2.33. The SMILES string of the molecule is N#Cc1c2ncccc2nn1-c1cccc(Br)c1. The maximum absolute atomic E-state index is 9.27. The van der Waals surface area contributed by atoms with E-state index in [1.807, 2.05) is 36.4 Å². The molecule has 3 aromatic rings. The third-order valence-corrected chi connectivity index (χ3v) is 3.08. The molecule has 2 aromatic heterocycles. The van der Waals surface area contributed by atoms with E-state index in [4.69, 9.17) is 0 Å². The lowest BCUT2D eigenvalue weighted by Gasteiger charge is -2.02. The zero-order valence-electron chi connectivity index (χ0n) is 9.21. The third-order valence-electron chi connectivity index (χ3n) is 2.59. The number of nitriles is 1. The standard InChI is InChI=1S/C13H7BrN4/c14-9-3-1-4-10(7-9)18-12(8-15)13-11(17-18)5-2-6-16-13/h1-7H. The Kier molecular flexibility index (Phi) is 2.58. The second-order valence-corrected chi connectivity index (χ2v) is 4.64. The molecule has 0 saturated carbocycles. The van der Waals surface area contributed by atoms with E-state index in [0.717, 1.165) is 10.2 Å². The first-order valence-electron chi connectivity index (χ1n) is 5.29. The van der Waals surface area contributed by atoms with Crippen LogP contribution in [0, 0.1) is 11.3 Å². The minimum absolute atomic E-state index is 0.448.